The summed E-state index contributed by atoms with van der Waals surface area (Å²) in [5, 5.41) is 11.3. The van der Waals surface area contributed by atoms with Crippen LogP contribution in [0.25, 0.3) is 33.3 Å². The Labute approximate surface area is 354 Å². The molecule has 0 bridgehead atoms. The first-order chi connectivity index (χ1) is 29.4. The number of carbonyl (C=O) groups excluding carboxylic acids is 3. The molecule has 7 heterocycles. The smallest absolute Gasteiger partial charge is 0.328 e. The number of imide groups is 1. The number of pyridine rings is 1. The van der Waals surface area contributed by atoms with Crippen LogP contribution in [0.2, 0.25) is 0 Å². The molecule has 61 heavy (non-hydrogen) atoms. The SMILES string of the molecule is Cc1cc(-c2ncnc3[nH]c4nc(C5CCN(CC6CCN(c7ccc(N8CCC(=O)NC8=O)cc7)CC6)CC5)ccc4c23)ccc1[C@@H](C)NC(=O)c1nc(C(C)(C)C)no1. The van der Waals surface area contributed by atoms with Gasteiger partial charge in [0.05, 0.1) is 17.1 Å². The van der Waals surface area contributed by atoms with Crippen LogP contribution in [0, 0.1) is 12.8 Å². The summed E-state index contributed by atoms with van der Waals surface area (Å²) in [7, 11) is 0. The van der Waals surface area contributed by atoms with E-state index in [4.69, 9.17) is 14.5 Å². The van der Waals surface area contributed by atoms with Gasteiger partial charge in [-0.15, -0.1) is 0 Å². The van der Waals surface area contributed by atoms with Crippen molar-refractivity contribution in [3.05, 3.63) is 89.5 Å². The molecular weight excluding hydrogens is 771 g/mol. The van der Waals surface area contributed by atoms with Crippen LogP contribution in [0.3, 0.4) is 0 Å². The number of anilines is 2. The van der Waals surface area contributed by atoms with Crippen LogP contribution in [0.1, 0.15) is 105 Å². The number of hydrogen-bond donors (Lipinski definition) is 3. The van der Waals surface area contributed by atoms with Gasteiger partial charge in [-0.1, -0.05) is 38.1 Å². The third-order valence-corrected chi connectivity index (χ3v) is 12.6. The molecule has 0 aliphatic carbocycles. The predicted molar refractivity (Wildman–Crippen MR) is 234 cm³/mol. The molecule has 2 aromatic carbocycles. The fourth-order valence-electron chi connectivity index (χ4n) is 9.13. The molecule has 316 valence electrons. The first-order valence-electron chi connectivity index (χ1n) is 21.5. The number of fused-ring (bicyclic) bond motifs is 3. The molecule has 4 aromatic heterocycles. The number of nitrogens with one attached hydrogen (secondary N) is 3. The van der Waals surface area contributed by atoms with Gasteiger partial charge in [0.25, 0.3) is 0 Å². The molecule has 0 saturated carbocycles. The number of benzene rings is 2. The number of rotatable bonds is 9. The summed E-state index contributed by atoms with van der Waals surface area (Å²) < 4.78 is 5.26. The number of carbonyl (C=O) groups is 3. The predicted octanol–water partition coefficient (Wildman–Crippen LogP) is 7.20. The second kappa shape index (κ2) is 16.3. The van der Waals surface area contributed by atoms with Gasteiger partial charge in [0.1, 0.15) is 17.6 Å². The van der Waals surface area contributed by atoms with E-state index in [-0.39, 0.29) is 29.3 Å². The highest BCUT2D eigenvalue weighted by molar-refractivity contribution is 6.11. The van der Waals surface area contributed by atoms with Gasteiger partial charge in [-0.3, -0.25) is 19.8 Å². The van der Waals surface area contributed by atoms with Crippen molar-refractivity contribution in [2.75, 3.05) is 49.1 Å². The van der Waals surface area contributed by atoms with Gasteiger partial charge in [-0.05, 0) is 112 Å². The minimum atomic E-state index is -0.408. The Balaban J connectivity index is 0.799. The molecule has 3 saturated heterocycles. The van der Waals surface area contributed by atoms with E-state index >= 15 is 0 Å². The van der Waals surface area contributed by atoms with E-state index < -0.39 is 5.91 Å². The highest BCUT2D eigenvalue weighted by atomic mass is 16.5. The zero-order valence-corrected chi connectivity index (χ0v) is 35.5. The minimum absolute atomic E-state index is 0.0469. The molecule has 0 radical (unpaired) electrons. The summed E-state index contributed by atoms with van der Waals surface area (Å²) in [6.07, 6.45) is 6.39. The molecule has 3 aliphatic rings. The lowest BCUT2D eigenvalue weighted by Crippen LogP contribution is -2.49. The Morgan fingerprint density at radius 1 is 0.902 bits per heavy atom. The van der Waals surface area contributed by atoms with Gasteiger partial charge in [0, 0.05) is 72.0 Å². The fraction of sp³-hybridized carbons (Fsp3) is 0.435. The van der Waals surface area contributed by atoms with E-state index in [1.165, 1.54) is 5.69 Å². The average Bonchev–Trinajstić information content (AvgIpc) is 3.91. The Morgan fingerprint density at radius 3 is 2.36 bits per heavy atom. The Morgan fingerprint density at radius 2 is 1.66 bits per heavy atom. The lowest BCUT2D eigenvalue weighted by Gasteiger charge is -2.38. The van der Waals surface area contributed by atoms with E-state index in [9.17, 15) is 14.4 Å². The number of aromatic amines is 1. The first-order valence-corrected chi connectivity index (χ1v) is 21.5. The zero-order chi connectivity index (χ0) is 42.4. The molecule has 9 rings (SSSR count). The lowest BCUT2D eigenvalue weighted by atomic mass is 9.90. The van der Waals surface area contributed by atoms with Crippen LogP contribution in [0.15, 0.2) is 65.4 Å². The summed E-state index contributed by atoms with van der Waals surface area (Å²) >= 11 is 0. The molecule has 1 atom stereocenters. The first kappa shape index (κ1) is 40.2. The van der Waals surface area contributed by atoms with Crippen molar-refractivity contribution in [3.8, 4) is 11.3 Å². The zero-order valence-electron chi connectivity index (χ0n) is 35.5. The largest absolute Gasteiger partial charge is 0.372 e. The molecule has 0 unspecified atom stereocenters. The molecule has 3 fully saturated rings. The van der Waals surface area contributed by atoms with Crippen LogP contribution in [-0.2, 0) is 10.2 Å². The molecule has 15 heteroatoms. The van der Waals surface area contributed by atoms with Crippen molar-refractivity contribution in [1.82, 2.24) is 45.6 Å². The lowest BCUT2D eigenvalue weighted by molar-refractivity contribution is -0.120. The van der Waals surface area contributed by atoms with Crippen LogP contribution in [0.4, 0.5) is 16.2 Å². The number of amides is 4. The number of likely N-dealkylation sites (tertiary alicyclic amines) is 1. The van der Waals surface area contributed by atoms with Crippen molar-refractivity contribution >= 4 is 51.3 Å². The van der Waals surface area contributed by atoms with E-state index in [1.54, 1.807) is 11.2 Å². The molecule has 4 amide bonds. The fourth-order valence-corrected chi connectivity index (χ4v) is 9.13. The van der Waals surface area contributed by atoms with Gasteiger partial charge in [-0.2, -0.15) is 4.98 Å². The topological polar surface area (TPSA) is 178 Å². The standard InChI is InChI=1S/C46H53N11O4/c1-27-24-31(6-11-34(27)28(2)49-42(59)43-53-44(54-61-43)46(3,4)5)39-38-35-12-13-36(50-40(35)52-41(38)48-26-47-39)30-16-19-55(20-17-30)25-29-14-21-56(22-15-29)32-7-9-33(10-8-32)57-23-18-37(58)51-45(57)60/h6-13,24,26,28-30H,14-23,25H2,1-5H3,(H,49,59)(H,51,58,60)(H,47,48,50,52)/t28-/m1/s1. The Kier molecular flexibility index (Phi) is 10.8. The number of aryl methyl sites for hydroxylation is 1. The number of nitrogens with zero attached hydrogens (tertiary/aromatic N) is 8. The van der Waals surface area contributed by atoms with E-state index in [0.717, 1.165) is 114 Å². The Bertz CT molecular complexity index is 2600. The van der Waals surface area contributed by atoms with Gasteiger partial charge < -0.3 is 24.6 Å². The monoisotopic (exact) mass is 823 g/mol. The van der Waals surface area contributed by atoms with Crippen molar-refractivity contribution in [3.63, 3.8) is 0 Å². The number of urea groups is 1. The van der Waals surface area contributed by atoms with Crippen LogP contribution < -0.4 is 20.4 Å². The maximum absolute atomic E-state index is 13.0. The quantitative estimate of drug-likeness (QED) is 0.134. The van der Waals surface area contributed by atoms with Crippen LogP contribution >= 0.6 is 0 Å². The summed E-state index contributed by atoms with van der Waals surface area (Å²) in [6, 6.07) is 18.0. The third kappa shape index (κ3) is 8.30. The molecule has 3 aliphatic heterocycles. The van der Waals surface area contributed by atoms with Crippen molar-refractivity contribution < 1.29 is 18.9 Å². The minimum Gasteiger partial charge on any atom is -0.372 e. The van der Waals surface area contributed by atoms with E-state index in [0.29, 0.717) is 30.6 Å². The Hall–Kier alpha value is -6.22. The van der Waals surface area contributed by atoms with Crippen LogP contribution in [-0.4, -0.2) is 92.1 Å². The van der Waals surface area contributed by atoms with Gasteiger partial charge in [0.15, 0.2) is 5.82 Å². The molecule has 15 nitrogen and oxygen atoms in total. The van der Waals surface area contributed by atoms with Crippen molar-refractivity contribution in [2.24, 2.45) is 5.92 Å². The van der Waals surface area contributed by atoms with Gasteiger partial charge in [-0.25, -0.2) is 19.7 Å². The second-order valence-electron chi connectivity index (χ2n) is 17.9. The number of hydrogen-bond acceptors (Lipinski definition) is 11. The maximum atomic E-state index is 13.0. The average molecular weight is 824 g/mol. The second-order valence-corrected chi connectivity index (χ2v) is 17.9. The summed E-state index contributed by atoms with van der Waals surface area (Å²) in [6.45, 7) is 15.6. The highest BCUT2D eigenvalue weighted by Crippen LogP contribution is 2.36. The van der Waals surface area contributed by atoms with E-state index in [2.05, 4.69) is 70.9 Å². The molecule has 6 aromatic rings. The van der Waals surface area contributed by atoms with Gasteiger partial charge >= 0.3 is 17.8 Å². The van der Waals surface area contributed by atoms with E-state index in [1.807, 2.05) is 58.9 Å². The summed E-state index contributed by atoms with van der Waals surface area (Å²) in [5.74, 6) is 0.886. The number of H-pyrrole nitrogens is 1. The molecule has 0 spiro atoms. The third-order valence-electron chi connectivity index (χ3n) is 12.6. The molecular formula is C46H53N11O4. The summed E-state index contributed by atoms with van der Waals surface area (Å²) in [5.41, 5.74) is 8.15. The van der Waals surface area contributed by atoms with Gasteiger partial charge in [0.2, 0.25) is 5.91 Å². The number of piperidine rings is 2. The molecule has 3 N–H and O–H groups in total. The normalized spacial score (nSPS) is 17.9. The summed E-state index contributed by atoms with van der Waals surface area (Å²) in [4.78, 5) is 65.8. The number of aromatic nitrogens is 6. The maximum Gasteiger partial charge on any atom is 0.328 e. The van der Waals surface area contributed by atoms with Crippen molar-refractivity contribution in [1.29, 1.82) is 0 Å². The van der Waals surface area contributed by atoms with Crippen molar-refractivity contribution in [2.45, 2.75) is 84.1 Å². The highest BCUT2D eigenvalue weighted by Gasteiger charge is 2.29. The van der Waals surface area contributed by atoms with Crippen LogP contribution in [0.5, 0.6) is 0 Å².